The van der Waals surface area contributed by atoms with Crippen LogP contribution in [-0.4, -0.2) is 16.3 Å². The Balaban J connectivity index is 2.91. The first-order chi connectivity index (χ1) is 6.70. The highest BCUT2D eigenvalue weighted by Crippen LogP contribution is 2.24. The number of hydrogen-bond donors (Lipinski definition) is 1. The number of aromatic nitrogens is 2. The molecule has 0 amide bonds. The van der Waals surface area contributed by atoms with Crippen LogP contribution < -0.4 is 5.32 Å². The molecule has 1 heterocycles. The molecule has 3 nitrogen and oxygen atoms in total. The lowest BCUT2D eigenvalue weighted by atomic mass is 10.1. The van der Waals surface area contributed by atoms with Crippen LogP contribution >= 0.6 is 15.9 Å². The fraction of sp³-hybridized carbons (Fsp3) is 0.500. The molecule has 0 aliphatic heterocycles. The maximum absolute atomic E-state index is 4.20. The Morgan fingerprint density at radius 2 is 2.50 bits per heavy atom. The van der Waals surface area contributed by atoms with E-state index in [0.29, 0.717) is 6.04 Å². The van der Waals surface area contributed by atoms with Crippen molar-refractivity contribution in [1.29, 1.82) is 0 Å². The summed E-state index contributed by atoms with van der Waals surface area (Å²) in [5.41, 5.74) is 1.17. The quantitative estimate of drug-likeness (QED) is 0.822. The fourth-order valence-corrected chi connectivity index (χ4v) is 2.14. The third-order valence-corrected chi connectivity index (χ3v) is 2.73. The third-order valence-electron chi connectivity index (χ3n) is 2.12. The molecule has 1 unspecified atom stereocenters. The number of aryl methyl sites for hydroxylation is 1. The van der Waals surface area contributed by atoms with Gasteiger partial charge in [-0.1, -0.05) is 13.0 Å². The molecule has 0 radical (unpaired) electrons. The van der Waals surface area contributed by atoms with E-state index in [1.807, 2.05) is 24.0 Å². The minimum Gasteiger partial charge on any atom is -0.309 e. The normalized spacial score (nSPS) is 12.8. The molecule has 1 aromatic heterocycles. The van der Waals surface area contributed by atoms with Gasteiger partial charge in [0.2, 0.25) is 0 Å². The Morgan fingerprint density at radius 1 is 1.79 bits per heavy atom. The highest BCUT2D eigenvalue weighted by atomic mass is 79.9. The third kappa shape index (κ3) is 2.45. The molecule has 0 bridgehead atoms. The molecule has 0 aromatic carbocycles. The topological polar surface area (TPSA) is 29.9 Å². The maximum atomic E-state index is 4.20. The Labute approximate surface area is 93.3 Å². The first kappa shape index (κ1) is 11.5. The van der Waals surface area contributed by atoms with E-state index in [2.05, 4.69) is 39.8 Å². The molecule has 14 heavy (non-hydrogen) atoms. The second-order valence-corrected chi connectivity index (χ2v) is 3.99. The second kappa shape index (κ2) is 5.32. The highest BCUT2D eigenvalue weighted by molar-refractivity contribution is 9.10. The Morgan fingerprint density at radius 3 is 2.93 bits per heavy atom. The predicted molar refractivity (Wildman–Crippen MR) is 62.1 cm³/mol. The zero-order chi connectivity index (χ0) is 10.6. The molecule has 78 valence electrons. The van der Waals surface area contributed by atoms with Crippen molar-refractivity contribution in [3.63, 3.8) is 0 Å². The summed E-state index contributed by atoms with van der Waals surface area (Å²) in [5, 5.41) is 7.60. The van der Waals surface area contributed by atoms with Crippen LogP contribution in [0.3, 0.4) is 0 Å². The Hall–Kier alpha value is -0.610. The van der Waals surface area contributed by atoms with Gasteiger partial charge in [0, 0.05) is 7.05 Å². The van der Waals surface area contributed by atoms with Crippen LogP contribution in [0.1, 0.15) is 25.1 Å². The van der Waals surface area contributed by atoms with E-state index < -0.39 is 0 Å². The van der Waals surface area contributed by atoms with Crippen LogP contribution in [0.5, 0.6) is 0 Å². The summed E-state index contributed by atoms with van der Waals surface area (Å²) in [6.07, 6.45) is 4.65. The van der Waals surface area contributed by atoms with Gasteiger partial charge in [-0.05, 0) is 28.9 Å². The largest absolute Gasteiger partial charge is 0.309 e. The summed E-state index contributed by atoms with van der Waals surface area (Å²) in [5.74, 6) is 0. The smallest absolute Gasteiger partial charge is 0.0695 e. The Kier molecular flexibility index (Phi) is 4.35. The van der Waals surface area contributed by atoms with Crippen LogP contribution in [0.2, 0.25) is 0 Å². The predicted octanol–water partition coefficient (Wildman–Crippen LogP) is 2.41. The van der Waals surface area contributed by atoms with Crippen molar-refractivity contribution in [3.05, 3.63) is 29.0 Å². The van der Waals surface area contributed by atoms with Gasteiger partial charge >= 0.3 is 0 Å². The molecule has 1 N–H and O–H groups in total. The lowest BCUT2D eigenvalue weighted by molar-refractivity contribution is 0.513. The minimum absolute atomic E-state index is 0.291. The zero-order valence-electron chi connectivity index (χ0n) is 8.63. The number of hydrogen-bond acceptors (Lipinski definition) is 2. The molecule has 1 aromatic rings. The molecule has 1 rings (SSSR count). The summed E-state index contributed by atoms with van der Waals surface area (Å²) < 4.78 is 2.94. The molecule has 0 saturated heterocycles. The second-order valence-electron chi connectivity index (χ2n) is 3.14. The highest BCUT2D eigenvalue weighted by Gasteiger charge is 2.16. The van der Waals surface area contributed by atoms with Crippen molar-refractivity contribution in [1.82, 2.24) is 15.1 Å². The van der Waals surface area contributed by atoms with Crippen LogP contribution in [0, 0.1) is 0 Å². The summed E-state index contributed by atoms with van der Waals surface area (Å²) >= 11 is 3.50. The van der Waals surface area contributed by atoms with E-state index in [4.69, 9.17) is 0 Å². The first-order valence-electron chi connectivity index (χ1n) is 4.72. The average molecular weight is 258 g/mol. The van der Waals surface area contributed by atoms with Crippen LogP contribution in [-0.2, 0) is 7.05 Å². The van der Waals surface area contributed by atoms with Gasteiger partial charge in [-0.2, -0.15) is 5.10 Å². The van der Waals surface area contributed by atoms with E-state index in [1.54, 1.807) is 0 Å². The first-order valence-corrected chi connectivity index (χ1v) is 5.51. The molecule has 0 aliphatic carbocycles. The SMILES string of the molecule is C=CCC(NCC)c1c(Br)cnn1C. The van der Waals surface area contributed by atoms with E-state index >= 15 is 0 Å². The summed E-state index contributed by atoms with van der Waals surface area (Å²) in [6, 6.07) is 0.291. The summed E-state index contributed by atoms with van der Waals surface area (Å²) in [6.45, 7) is 6.81. The van der Waals surface area contributed by atoms with Crippen molar-refractivity contribution >= 4 is 15.9 Å². The number of nitrogens with one attached hydrogen (secondary N) is 1. The monoisotopic (exact) mass is 257 g/mol. The molecular formula is C10H16BrN3. The average Bonchev–Trinajstić information content (AvgIpc) is 2.46. The van der Waals surface area contributed by atoms with Gasteiger partial charge < -0.3 is 5.32 Å². The van der Waals surface area contributed by atoms with Crippen molar-refractivity contribution in [2.75, 3.05) is 6.54 Å². The van der Waals surface area contributed by atoms with Gasteiger partial charge in [-0.25, -0.2) is 0 Å². The van der Waals surface area contributed by atoms with Crippen LogP contribution in [0.15, 0.2) is 23.3 Å². The van der Waals surface area contributed by atoms with Gasteiger partial charge in [-0.3, -0.25) is 4.68 Å². The maximum Gasteiger partial charge on any atom is 0.0695 e. The fourth-order valence-electron chi connectivity index (χ4n) is 1.52. The zero-order valence-corrected chi connectivity index (χ0v) is 10.2. The standard InChI is InChI=1S/C10H16BrN3/c1-4-6-9(12-5-2)10-8(11)7-13-14(10)3/h4,7,9,12H,1,5-6H2,2-3H3. The van der Waals surface area contributed by atoms with E-state index in [9.17, 15) is 0 Å². The molecule has 0 spiro atoms. The number of nitrogens with zero attached hydrogens (tertiary/aromatic N) is 2. The number of halogens is 1. The molecule has 0 fully saturated rings. The van der Waals surface area contributed by atoms with Gasteiger partial charge in [-0.15, -0.1) is 6.58 Å². The minimum atomic E-state index is 0.291. The molecular weight excluding hydrogens is 242 g/mol. The Bertz CT molecular complexity index is 287. The van der Waals surface area contributed by atoms with Crippen molar-refractivity contribution in [2.24, 2.45) is 7.05 Å². The van der Waals surface area contributed by atoms with E-state index in [1.165, 1.54) is 5.69 Å². The van der Waals surface area contributed by atoms with Crippen LogP contribution in [0.25, 0.3) is 0 Å². The van der Waals surface area contributed by atoms with Gasteiger partial charge in [0.15, 0.2) is 0 Å². The number of rotatable bonds is 5. The van der Waals surface area contributed by atoms with Gasteiger partial charge in [0.25, 0.3) is 0 Å². The van der Waals surface area contributed by atoms with E-state index in [0.717, 1.165) is 17.4 Å². The molecule has 1 atom stereocenters. The summed E-state index contributed by atoms with van der Waals surface area (Å²) in [4.78, 5) is 0. The summed E-state index contributed by atoms with van der Waals surface area (Å²) in [7, 11) is 1.95. The van der Waals surface area contributed by atoms with E-state index in [-0.39, 0.29) is 0 Å². The molecule has 0 saturated carbocycles. The van der Waals surface area contributed by atoms with Gasteiger partial charge in [0.1, 0.15) is 0 Å². The molecule has 4 heteroatoms. The van der Waals surface area contributed by atoms with Crippen molar-refractivity contribution < 1.29 is 0 Å². The molecule has 0 aliphatic rings. The lowest BCUT2D eigenvalue weighted by Gasteiger charge is -2.16. The van der Waals surface area contributed by atoms with Gasteiger partial charge in [0.05, 0.1) is 22.4 Å². The van der Waals surface area contributed by atoms with Crippen molar-refractivity contribution in [2.45, 2.75) is 19.4 Å². The van der Waals surface area contributed by atoms with Crippen molar-refractivity contribution in [3.8, 4) is 0 Å². The van der Waals surface area contributed by atoms with Crippen LogP contribution in [0.4, 0.5) is 0 Å². The lowest BCUT2D eigenvalue weighted by Crippen LogP contribution is -2.23.